The van der Waals surface area contributed by atoms with Crippen LogP contribution >= 0.6 is 0 Å². The first kappa shape index (κ1) is 15.0. The maximum Gasteiger partial charge on any atom is 0.134 e. The van der Waals surface area contributed by atoms with E-state index in [1.54, 1.807) is 20.4 Å². The van der Waals surface area contributed by atoms with Crippen LogP contribution in [0.25, 0.3) is 10.8 Å². The Morgan fingerprint density at radius 2 is 1.91 bits per heavy atom. The van der Waals surface area contributed by atoms with E-state index in [1.807, 2.05) is 42.5 Å². The zero-order valence-corrected chi connectivity index (χ0v) is 13.2. The van der Waals surface area contributed by atoms with E-state index in [0.717, 1.165) is 39.3 Å². The van der Waals surface area contributed by atoms with Crippen molar-refractivity contribution >= 4 is 22.3 Å². The number of pyridine rings is 1. The number of fused-ring (bicyclic) bond motifs is 1. The summed E-state index contributed by atoms with van der Waals surface area (Å²) in [6.45, 7) is 0.601. The van der Waals surface area contributed by atoms with E-state index in [0.29, 0.717) is 6.54 Å². The van der Waals surface area contributed by atoms with E-state index in [-0.39, 0.29) is 0 Å². The Balaban J connectivity index is 1.86. The number of nitrogen functional groups attached to an aromatic ring is 1. The molecule has 0 bridgehead atoms. The van der Waals surface area contributed by atoms with Crippen LogP contribution in [0.5, 0.6) is 11.5 Å². The molecular formula is C18H19N3O2. The molecule has 0 spiro atoms. The first-order chi connectivity index (χ1) is 11.2. The number of anilines is 2. The minimum atomic E-state index is 0.601. The van der Waals surface area contributed by atoms with Crippen LogP contribution in [0.15, 0.2) is 48.7 Å². The summed E-state index contributed by atoms with van der Waals surface area (Å²) in [5.41, 5.74) is 7.61. The molecule has 0 aliphatic carbocycles. The number of ether oxygens (including phenoxy) is 2. The minimum absolute atomic E-state index is 0.601. The molecule has 0 atom stereocenters. The molecule has 23 heavy (non-hydrogen) atoms. The van der Waals surface area contributed by atoms with Gasteiger partial charge in [-0.25, -0.2) is 4.98 Å². The summed E-state index contributed by atoms with van der Waals surface area (Å²) in [6.07, 6.45) is 1.77. The number of hydrogen-bond acceptors (Lipinski definition) is 5. The van der Waals surface area contributed by atoms with Gasteiger partial charge >= 0.3 is 0 Å². The quantitative estimate of drug-likeness (QED) is 0.707. The highest BCUT2D eigenvalue weighted by Gasteiger charge is 2.07. The standard InChI is InChI=1S/C18H19N3O2/c1-22-15-5-3-13(17(10-15)23-2)11-21-18-16-6-4-14(19)9-12(16)7-8-20-18/h3-10H,11,19H2,1-2H3,(H,20,21). The summed E-state index contributed by atoms with van der Waals surface area (Å²) in [7, 11) is 3.29. The van der Waals surface area contributed by atoms with Crippen LogP contribution in [0.4, 0.5) is 11.5 Å². The SMILES string of the molecule is COc1ccc(CNc2nccc3cc(N)ccc23)c(OC)c1. The Morgan fingerprint density at radius 1 is 1.04 bits per heavy atom. The van der Waals surface area contributed by atoms with Crippen molar-refractivity contribution < 1.29 is 9.47 Å². The number of benzene rings is 2. The van der Waals surface area contributed by atoms with Gasteiger partial charge in [0.2, 0.25) is 0 Å². The third-order valence-electron chi connectivity index (χ3n) is 3.73. The lowest BCUT2D eigenvalue weighted by molar-refractivity contribution is 0.391. The molecule has 2 aromatic carbocycles. The van der Waals surface area contributed by atoms with Crippen molar-refractivity contribution in [1.82, 2.24) is 4.98 Å². The number of rotatable bonds is 5. The Kier molecular flexibility index (Phi) is 4.19. The average Bonchev–Trinajstić information content (AvgIpc) is 2.59. The summed E-state index contributed by atoms with van der Waals surface area (Å²) in [5.74, 6) is 2.37. The van der Waals surface area contributed by atoms with E-state index in [1.165, 1.54) is 0 Å². The second kappa shape index (κ2) is 6.44. The molecule has 0 amide bonds. The molecule has 3 rings (SSSR count). The van der Waals surface area contributed by atoms with Crippen LogP contribution < -0.4 is 20.5 Å². The van der Waals surface area contributed by atoms with Crippen molar-refractivity contribution in [3.63, 3.8) is 0 Å². The summed E-state index contributed by atoms with van der Waals surface area (Å²) in [5, 5.41) is 5.46. The van der Waals surface area contributed by atoms with Gasteiger partial charge in [0, 0.05) is 35.4 Å². The molecule has 3 aromatic rings. The lowest BCUT2D eigenvalue weighted by Gasteiger charge is -2.13. The van der Waals surface area contributed by atoms with E-state index >= 15 is 0 Å². The van der Waals surface area contributed by atoms with Gasteiger partial charge in [-0.3, -0.25) is 0 Å². The molecular weight excluding hydrogens is 290 g/mol. The Bertz CT molecular complexity index is 834. The Morgan fingerprint density at radius 3 is 2.70 bits per heavy atom. The second-order valence-corrected chi connectivity index (χ2v) is 5.17. The van der Waals surface area contributed by atoms with Crippen molar-refractivity contribution in [3.05, 3.63) is 54.2 Å². The summed E-state index contributed by atoms with van der Waals surface area (Å²) >= 11 is 0. The maximum atomic E-state index is 5.83. The van der Waals surface area contributed by atoms with Crippen molar-refractivity contribution in [3.8, 4) is 11.5 Å². The molecule has 0 unspecified atom stereocenters. The fourth-order valence-electron chi connectivity index (χ4n) is 2.51. The number of hydrogen-bond donors (Lipinski definition) is 2. The zero-order chi connectivity index (χ0) is 16.2. The topological polar surface area (TPSA) is 69.4 Å². The summed E-state index contributed by atoms with van der Waals surface area (Å²) in [4.78, 5) is 4.42. The van der Waals surface area contributed by atoms with Crippen molar-refractivity contribution in [2.24, 2.45) is 0 Å². The lowest BCUT2D eigenvalue weighted by atomic mass is 10.1. The number of nitrogens with two attached hydrogens (primary N) is 1. The fraction of sp³-hybridized carbons (Fsp3) is 0.167. The molecule has 5 heteroatoms. The van der Waals surface area contributed by atoms with Crippen molar-refractivity contribution in [2.75, 3.05) is 25.3 Å². The predicted molar refractivity (Wildman–Crippen MR) is 93.0 cm³/mol. The lowest BCUT2D eigenvalue weighted by Crippen LogP contribution is -2.04. The molecule has 0 aliphatic rings. The third-order valence-corrected chi connectivity index (χ3v) is 3.73. The monoisotopic (exact) mass is 309 g/mol. The van der Waals surface area contributed by atoms with Gasteiger partial charge in [-0.2, -0.15) is 0 Å². The highest BCUT2D eigenvalue weighted by molar-refractivity contribution is 5.93. The molecule has 0 saturated carbocycles. The molecule has 5 nitrogen and oxygen atoms in total. The van der Waals surface area contributed by atoms with Crippen molar-refractivity contribution in [2.45, 2.75) is 6.54 Å². The fourth-order valence-corrected chi connectivity index (χ4v) is 2.51. The number of nitrogens with zero attached hydrogens (tertiary/aromatic N) is 1. The average molecular weight is 309 g/mol. The highest BCUT2D eigenvalue weighted by Crippen LogP contribution is 2.27. The third kappa shape index (κ3) is 3.13. The van der Waals surface area contributed by atoms with Crippen LogP contribution in [-0.4, -0.2) is 19.2 Å². The van der Waals surface area contributed by atoms with Gasteiger partial charge < -0.3 is 20.5 Å². The van der Waals surface area contributed by atoms with Gasteiger partial charge in [-0.1, -0.05) is 0 Å². The van der Waals surface area contributed by atoms with Crippen LogP contribution in [0.2, 0.25) is 0 Å². The first-order valence-electron chi connectivity index (χ1n) is 7.30. The minimum Gasteiger partial charge on any atom is -0.497 e. The van der Waals surface area contributed by atoms with Crippen LogP contribution in [0, 0.1) is 0 Å². The Hall–Kier alpha value is -2.95. The molecule has 1 aromatic heterocycles. The van der Waals surface area contributed by atoms with E-state index < -0.39 is 0 Å². The van der Waals surface area contributed by atoms with Crippen LogP contribution in [0.1, 0.15) is 5.56 Å². The first-order valence-corrected chi connectivity index (χ1v) is 7.30. The summed E-state index contributed by atoms with van der Waals surface area (Å²) in [6, 6.07) is 13.5. The van der Waals surface area contributed by atoms with Gasteiger partial charge in [0.25, 0.3) is 0 Å². The normalized spacial score (nSPS) is 10.5. The number of nitrogens with one attached hydrogen (secondary N) is 1. The molecule has 0 aliphatic heterocycles. The van der Waals surface area contributed by atoms with Crippen LogP contribution in [0.3, 0.4) is 0 Å². The zero-order valence-electron chi connectivity index (χ0n) is 13.2. The van der Waals surface area contributed by atoms with Gasteiger partial charge in [-0.15, -0.1) is 0 Å². The molecule has 0 saturated heterocycles. The van der Waals surface area contributed by atoms with E-state index in [4.69, 9.17) is 15.2 Å². The molecule has 0 fully saturated rings. The van der Waals surface area contributed by atoms with Gasteiger partial charge in [0.05, 0.1) is 14.2 Å². The second-order valence-electron chi connectivity index (χ2n) is 5.17. The van der Waals surface area contributed by atoms with E-state index in [9.17, 15) is 0 Å². The molecule has 118 valence electrons. The Labute approximate surface area is 135 Å². The number of methoxy groups -OCH3 is 2. The molecule has 1 heterocycles. The van der Waals surface area contributed by atoms with Gasteiger partial charge in [-0.05, 0) is 41.8 Å². The van der Waals surface area contributed by atoms with Gasteiger partial charge in [0.15, 0.2) is 0 Å². The summed E-state index contributed by atoms with van der Waals surface area (Å²) < 4.78 is 10.6. The van der Waals surface area contributed by atoms with Crippen molar-refractivity contribution in [1.29, 1.82) is 0 Å². The molecule has 0 radical (unpaired) electrons. The van der Waals surface area contributed by atoms with Gasteiger partial charge in [0.1, 0.15) is 17.3 Å². The maximum absolute atomic E-state index is 5.83. The molecule has 3 N–H and O–H groups in total. The predicted octanol–water partition coefficient (Wildman–Crippen LogP) is 3.45. The largest absolute Gasteiger partial charge is 0.497 e. The van der Waals surface area contributed by atoms with E-state index in [2.05, 4.69) is 10.3 Å². The highest BCUT2D eigenvalue weighted by atomic mass is 16.5. The smallest absolute Gasteiger partial charge is 0.134 e. The number of aromatic nitrogens is 1. The van der Waals surface area contributed by atoms with Crippen LogP contribution in [-0.2, 0) is 6.54 Å².